The Balaban J connectivity index is 1.73. The summed E-state index contributed by atoms with van der Waals surface area (Å²) >= 11 is 0. The Morgan fingerprint density at radius 1 is 0.769 bits per heavy atom. The maximum atomic E-state index is 10.9. The summed E-state index contributed by atoms with van der Waals surface area (Å²) in [5.74, 6) is 0. The highest BCUT2D eigenvalue weighted by atomic mass is 16.5. The first-order valence-corrected chi connectivity index (χ1v) is 8.94. The number of ether oxygens (including phenoxy) is 1. The van der Waals surface area contributed by atoms with Crippen LogP contribution in [0.3, 0.4) is 0 Å². The van der Waals surface area contributed by atoms with Gasteiger partial charge in [-0.2, -0.15) is 5.06 Å². The first kappa shape index (κ1) is 18.3. The number of hydroxylamine groups is 2. The molecule has 3 rings (SSSR count). The molecule has 0 saturated carbocycles. The third-order valence-corrected chi connectivity index (χ3v) is 4.57. The third-order valence-electron chi connectivity index (χ3n) is 4.57. The van der Waals surface area contributed by atoms with Gasteiger partial charge in [-0.1, -0.05) is 91.0 Å². The molecule has 0 saturated heterocycles. The molecular weight excluding hydrogens is 322 g/mol. The van der Waals surface area contributed by atoms with Crippen LogP contribution >= 0.6 is 0 Å². The number of benzene rings is 3. The van der Waals surface area contributed by atoms with Gasteiger partial charge in [-0.15, -0.1) is 0 Å². The zero-order chi connectivity index (χ0) is 18.2. The van der Waals surface area contributed by atoms with E-state index in [2.05, 4.69) is 0 Å². The Morgan fingerprint density at radius 2 is 1.27 bits per heavy atom. The molecule has 1 N–H and O–H groups in total. The first-order valence-electron chi connectivity index (χ1n) is 8.94. The highest BCUT2D eigenvalue weighted by Crippen LogP contribution is 2.29. The van der Waals surface area contributed by atoms with Crippen molar-refractivity contribution < 1.29 is 9.94 Å². The van der Waals surface area contributed by atoms with Crippen LogP contribution in [0.5, 0.6) is 0 Å². The Hall–Kier alpha value is -2.46. The van der Waals surface area contributed by atoms with Gasteiger partial charge in [0.2, 0.25) is 0 Å². The molecule has 0 aliphatic heterocycles. The van der Waals surface area contributed by atoms with E-state index in [9.17, 15) is 5.21 Å². The summed E-state index contributed by atoms with van der Waals surface area (Å²) < 4.78 is 5.94. The van der Waals surface area contributed by atoms with Crippen molar-refractivity contribution in [2.45, 2.75) is 25.6 Å². The Morgan fingerprint density at radius 3 is 1.85 bits per heavy atom. The molecule has 0 unspecified atom stereocenters. The number of hydrogen-bond donors (Lipinski definition) is 1. The molecule has 134 valence electrons. The molecule has 3 heteroatoms. The van der Waals surface area contributed by atoms with Gasteiger partial charge in [0.05, 0.1) is 25.3 Å². The summed E-state index contributed by atoms with van der Waals surface area (Å²) in [5, 5.41) is 12.3. The zero-order valence-corrected chi connectivity index (χ0v) is 15.0. The van der Waals surface area contributed by atoms with E-state index in [1.165, 1.54) is 5.06 Å². The average molecular weight is 347 g/mol. The van der Waals surface area contributed by atoms with Gasteiger partial charge >= 0.3 is 0 Å². The summed E-state index contributed by atoms with van der Waals surface area (Å²) in [6.45, 7) is 2.94. The van der Waals surface area contributed by atoms with E-state index < -0.39 is 0 Å². The van der Waals surface area contributed by atoms with Crippen LogP contribution in [-0.2, 0) is 11.3 Å². The molecule has 3 nitrogen and oxygen atoms in total. The quantitative estimate of drug-likeness (QED) is 0.554. The van der Waals surface area contributed by atoms with Crippen molar-refractivity contribution in [3.63, 3.8) is 0 Å². The summed E-state index contributed by atoms with van der Waals surface area (Å²) in [4.78, 5) is 0. The average Bonchev–Trinajstić information content (AvgIpc) is 2.72. The predicted octanol–water partition coefficient (Wildman–Crippen LogP) is 5.40. The molecule has 0 heterocycles. The predicted molar refractivity (Wildman–Crippen MR) is 104 cm³/mol. The van der Waals surface area contributed by atoms with Crippen molar-refractivity contribution in [1.29, 1.82) is 0 Å². The highest BCUT2D eigenvalue weighted by Gasteiger charge is 2.25. The second-order valence-corrected chi connectivity index (χ2v) is 6.39. The molecule has 0 aliphatic carbocycles. The lowest BCUT2D eigenvalue weighted by molar-refractivity contribution is -0.175. The van der Waals surface area contributed by atoms with Crippen LogP contribution in [0.2, 0.25) is 0 Å². The standard InChI is InChI=1S/C23H25NO2/c1-19(21-13-7-3-8-14-21)24(25)23(22-15-9-4-10-16-22)18-26-17-20-11-5-2-6-12-20/h2-16,19,23,25H,17-18H2,1H3/t19-,23+/m1/s1. The summed E-state index contributed by atoms with van der Waals surface area (Å²) in [6.07, 6.45) is 0. The van der Waals surface area contributed by atoms with Gasteiger partial charge in [0.15, 0.2) is 0 Å². The van der Waals surface area contributed by atoms with Crippen molar-refractivity contribution in [1.82, 2.24) is 5.06 Å². The van der Waals surface area contributed by atoms with E-state index in [0.29, 0.717) is 13.2 Å². The van der Waals surface area contributed by atoms with E-state index in [4.69, 9.17) is 4.74 Å². The van der Waals surface area contributed by atoms with Gasteiger partial charge in [0, 0.05) is 0 Å². The van der Waals surface area contributed by atoms with E-state index in [-0.39, 0.29) is 12.1 Å². The molecule has 0 aromatic heterocycles. The van der Waals surface area contributed by atoms with Crippen molar-refractivity contribution in [2.24, 2.45) is 0 Å². The molecule has 26 heavy (non-hydrogen) atoms. The van der Waals surface area contributed by atoms with Gasteiger partial charge in [-0.25, -0.2) is 0 Å². The van der Waals surface area contributed by atoms with Gasteiger partial charge in [0.1, 0.15) is 0 Å². The Kier molecular flexibility index (Phi) is 6.56. The normalized spacial score (nSPS) is 13.5. The lowest BCUT2D eigenvalue weighted by atomic mass is 10.0. The minimum Gasteiger partial charge on any atom is -0.375 e. The fourth-order valence-electron chi connectivity index (χ4n) is 3.02. The van der Waals surface area contributed by atoms with Gasteiger partial charge < -0.3 is 9.94 Å². The second kappa shape index (κ2) is 9.30. The largest absolute Gasteiger partial charge is 0.375 e. The maximum Gasteiger partial charge on any atom is 0.0840 e. The van der Waals surface area contributed by atoms with Crippen LogP contribution in [0.1, 0.15) is 35.7 Å². The summed E-state index contributed by atoms with van der Waals surface area (Å²) in [5.41, 5.74) is 3.23. The number of rotatable bonds is 8. The molecule has 2 atom stereocenters. The molecule has 0 bridgehead atoms. The Bertz CT molecular complexity index is 762. The maximum absolute atomic E-state index is 10.9. The van der Waals surface area contributed by atoms with Crippen LogP contribution < -0.4 is 0 Å². The summed E-state index contributed by atoms with van der Waals surface area (Å²) in [6, 6.07) is 29.7. The van der Waals surface area contributed by atoms with Crippen LogP contribution in [0.15, 0.2) is 91.0 Å². The second-order valence-electron chi connectivity index (χ2n) is 6.39. The van der Waals surface area contributed by atoms with Crippen LogP contribution in [0.25, 0.3) is 0 Å². The molecule has 0 fully saturated rings. The fraction of sp³-hybridized carbons (Fsp3) is 0.217. The SMILES string of the molecule is C[C@H](c1ccccc1)N(O)[C@@H](COCc1ccccc1)c1ccccc1. The van der Waals surface area contributed by atoms with E-state index >= 15 is 0 Å². The molecule has 0 radical (unpaired) electrons. The minimum atomic E-state index is -0.241. The van der Waals surface area contributed by atoms with Crippen LogP contribution in [-0.4, -0.2) is 16.9 Å². The van der Waals surface area contributed by atoms with Crippen molar-refractivity contribution in [3.8, 4) is 0 Å². The van der Waals surface area contributed by atoms with Crippen molar-refractivity contribution >= 4 is 0 Å². The topological polar surface area (TPSA) is 32.7 Å². The molecule has 0 amide bonds. The van der Waals surface area contributed by atoms with Gasteiger partial charge in [0.25, 0.3) is 0 Å². The number of hydrogen-bond acceptors (Lipinski definition) is 3. The van der Waals surface area contributed by atoms with E-state index in [1.807, 2.05) is 97.9 Å². The molecule has 3 aromatic carbocycles. The monoisotopic (exact) mass is 347 g/mol. The molecule has 0 spiro atoms. The smallest absolute Gasteiger partial charge is 0.0840 e. The third kappa shape index (κ3) is 4.79. The molecule has 0 aliphatic rings. The zero-order valence-electron chi connectivity index (χ0n) is 15.0. The van der Waals surface area contributed by atoms with E-state index in [0.717, 1.165) is 16.7 Å². The Labute approximate surface area is 155 Å². The van der Waals surface area contributed by atoms with Crippen molar-refractivity contribution in [2.75, 3.05) is 6.61 Å². The highest BCUT2D eigenvalue weighted by molar-refractivity contribution is 5.22. The minimum absolute atomic E-state index is 0.137. The summed E-state index contributed by atoms with van der Waals surface area (Å²) in [7, 11) is 0. The fourth-order valence-corrected chi connectivity index (χ4v) is 3.02. The van der Waals surface area contributed by atoms with Crippen LogP contribution in [0.4, 0.5) is 0 Å². The molecule has 3 aromatic rings. The molecular formula is C23H25NO2. The number of nitrogens with zero attached hydrogens (tertiary/aromatic N) is 1. The first-order chi connectivity index (χ1) is 12.8. The van der Waals surface area contributed by atoms with Gasteiger partial charge in [-0.05, 0) is 23.6 Å². The lowest BCUT2D eigenvalue weighted by Gasteiger charge is -2.31. The van der Waals surface area contributed by atoms with Crippen LogP contribution in [0, 0.1) is 0 Å². The van der Waals surface area contributed by atoms with Crippen molar-refractivity contribution in [3.05, 3.63) is 108 Å². The van der Waals surface area contributed by atoms with E-state index in [1.54, 1.807) is 0 Å². The lowest BCUT2D eigenvalue weighted by Crippen LogP contribution is -2.31. The van der Waals surface area contributed by atoms with Gasteiger partial charge in [-0.3, -0.25) is 0 Å².